The summed E-state index contributed by atoms with van der Waals surface area (Å²) in [6, 6.07) is 13.8. The van der Waals surface area contributed by atoms with Crippen molar-refractivity contribution in [3.8, 4) is 6.07 Å². The number of ketones is 1. The third kappa shape index (κ3) is 4.00. The molecule has 33 heavy (non-hydrogen) atoms. The molecular weight excluding hydrogens is 451 g/mol. The molecule has 1 aliphatic carbocycles. The first-order chi connectivity index (χ1) is 15.4. The molecule has 0 amide bonds. The fourth-order valence-electron chi connectivity index (χ4n) is 4.68. The quantitative estimate of drug-likeness (QED) is 0.558. The van der Waals surface area contributed by atoms with Gasteiger partial charge in [0.15, 0.2) is 5.78 Å². The van der Waals surface area contributed by atoms with E-state index in [1.54, 1.807) is 24.3 Å². The molecule has 1 atom stereocenters. The average Bonchev–Trinajstić information content (AvgIpc) is 2.72. The highest BCUT2D eigenvalue weighted by molar-refractivity contribution is 6.30. The van der Waals surface area contributed by atoms with Crippen LogP contribution in [0.4, 0.5) is 18.9 Å². The van der Waals surface area contributed by atoms with E-state index in [0.717, 1.165) is 6.07 Å². The third-order valence-corrected chi connectivity index (χ3v) is 6.29. The highest BCUT2D eigenvalue weighted by Gasteiger charge is 2.46. The van der Waals surface area contributed by atoms with Gasteiger partial charge in [-0.05, 0) is 41.7 Å². The van der Waals surface area contributed by atoms with Gasteiger partial charge < -0.3 is 5.73 Å². The number of nitriles is 1. The second-order valence-electron chi connectivity index (χ2n) is 9.05. The topological polar surface area (TPSA) is 70.1 Å². The average molecular weight is 472 g/mol. The van der Waals surface area contributed by atoms with Gasteiger partial charge in [0.1, 0.15) is 5.82 Å². The number of nitrogens with zero attached hydrogens (tertiary/aromatic N) is 2. The van der Waals surface area contributed by atoms with Crippen molar-refractivity contribution in [3.05, 3.63) is 87.3 Å². The van der Waals surface area contributed by atoms with Gasteiger partial charge in [-0.3, -0.25) is 9.69 Å². The van der Waals surface area contributed by atoms with Gasteiger partial charge in [0.25, 0.3) is 0 Å². The molecule has 4 nitrogen and oxygen atoms in total. The molecule has 0 radical (unpaired) electrons. The van der Waals surface area contributed by atoms with Gasteiger partial charge in [-0.15, -0.1) is 0 Å². The van der Waals surface area contributed by atoms with E-state index in [0.29, 0.717) is 28.3 Å². The van der Waals surface area contributed by atoms with Crippen LogP contribution >= 0.6 is 11.6 Å². The SMILES string of the molecule is CC1(C)CC(=O)C2=C(C1)N(c1ccccc1C(F)(F)F)C(N)=C(C#N)C2c1ccc(Cl)cc1. The number of rotatable bonds is 2. The molecule has 2 aromatic rings. The Hall–Kier alpha value is -3.24. The van der Waals surface area contributed by atoms with Gasteiger partial charge in [-0.1, -0.05) is 49.7 Å². The van der Waals surface area contributed by atoms with Crippen LogP contribution in [0.5, 0.6) is 0 Å². The van der Waals surface area contributed by atoms with E-state index in [1.807, 2.05) is 13.8 Å². The summed E-state index contributed by atoms with van der Waals surface area (Å²) in [7, 11) is 0. The molecule has 2 aliphatic rings. The van der Waals surface area contributed by atoms with Gasteiger partial charge in [-0.2, -0.15) is 18.4 Å². The van der Waals surface area contributed by atoms with Crippen LogP contribution in [-0.4, -0.2) is 5.78 Å². The molecule has 0 spiro atoms. The molecule has 1 heterocycles. The standard InChI is InChI=1S/C25H21ClF3N3O/c1-24(2)11-19-22(20(33)12-24)21(14-7-9-15(26)10-8-14)16(13-30)23(31)32(19)18-6-4-3-5-17(18)25(27,28)29/h3-10,21H,11-12,31H2,1-2H3. The zero-order valence-electron chi connectivity index (χ0n) is 18.0. The fraction of sp³-hybridized carbons (Fsp3) is 0.280. The largest absolute Gasteiger partial charge is 0.418 e. The van der Waals surface area contributed by atoms with Crippen molar-refractivity contribution < 1.29 is 18.0 Å². The Morgan fingerprint density at radius 3 is 2.36 bits per heavy atom. The summed E-state index contributed by atoms with van der Waals surface area (Å²) in [6.45, 7) is 3.78. The molecule has 2 N–H and O–H groups in total. The maximum atomic E-state index is 13.9. The summed E-state index contributed by atoms with van der Waals surface area (Å²) in [6.07, 6.45) is -4.11. The zero-order valence-corrected chi connectivity index (χ0v) is 18.8. The van der Waals surface area contributed by atoms with E-state index < -0.39 is 23.1 Å². The lowest BCUT2D eigenvalue weighted by atomic mass is 9.68. The van der Waals surface area contributed by atoms with Crippen LogP contribution in [0, 0.1) is 16.7 Å². The van der Waals surface area contributed by atoms with E-state index in [1.165, 1.54) is 23.1 Å². The number of anilines is 1. The molecule has 1 aliphatic heterocycles. The first-order valence-corrected chi connectivity index (χ1v) is 10.7. The van der Waals surface area contributed by atoms with E-state index in [9.17, 15) is 23.2 Å². The van der Waals surface area contributed by atoms with Crippen molar-refractivity contribution in [3.63, 3.8) is 0 Å². The van der Waals surface area contributed by atoms with E-state index >= 15 is 0 Å². The van der Waals surface area contributed by atoms with Crippen molar-refractivity contribution in [2.45, 2.75) is 38.8 Å². The van der Waals surface area contributed by atoms with Gasteiger partial charge in [0.05, 0.1) is 28.8 Å². The molecule has 0 aromatic heterocycles. The Kier molecular flexibility index (Phi) is 5.53. The molecule has 0 saturated heterocycles. The van der Waals surface area contributed by atoms with Gasteiger partial charge in [-0.25, -0.2) is 0 Å². The molecule has 2 aromatic carbocycles. The van der Waals surface area contributed by atoms with Crippen molar-refractivity contribution >= 4 is 23.1 Å². The molecular formula is C25H21ClF3N3O. The highest BCUT2D eigenvalue weighted by atomic mass is 35.5. The lowest BCUT2D eigenvalue weighted by Gasteiger charge is -2.44. The second-order valence-corrected chi connectivity index (χ2v) is 9.48. The van der Waals surface area contributed by atoms with Crippen molar-refractivity contribution in [1.82, 2.24) is 0 Å². The van der Waals surface area contributed by atoms with Crippen LogP contribution in [0.3, 0.4) is 0 Å². The van der Waals surface area contributed by atoms with Crippen molar-refractivity contribution in [2.75, 3.05) is 4.90 Å². The van der Waals surface area contributed by atoms with Crippen molar-refractivity contribution in [2.24, 2.45) is 11.1 Å². The van der Waals surface area contributed by atoms with Crippen molar-refractivity contribution in [1.29, 1.82) is 5.26 Å². The van der Waals surface area contributed by atoms with Gasteiger partial charge in [0.2, 0.25) is 0 Å². The predicted octanol–water partition coefficient (Wildman–Crippen LogP) is 6.30. The molecule has 0 fully saturated rings. The van der Waals surface area contributed by atoms with Crippen LogP contribution in [0.2, 0.25) is 5.02 Å². The summed E-state index contributed by atoms with van der Waals surface area (Å²) in [5.41, 5.74) is 6.19. The monoisotopic (exact) mass is 471 g/mol. The van der Waals surface area contributed by atoms with E-state index in [-0.39, 0.29) is 29.3 Å². The normalized spacial score (nSPS) is 20.6. The molecule has 0 saturated carbocycles. The number of hydrogen-bond donors (Lipinski definition) is 1. The number of benzene rings is 2. The number of Topliss-reactive ketones (excluding diaryl/α,β-unsaturated/α-hetero) is 1. The van der Waals surface area contributed by atoms with E-state index in [4.69, 9.17) is 17.3 Å². The summed E-state index contributed by atoms with van der Waals surface area (Å²) in [4.78, 5) is 14.7. The minimum absolute atomic E-state index is 0.0288. The first kappa shape index (κ1) is 22.9. The van der Waals surface area contributed by atoms with E-state index in [2.05, 4.69) is 6.07 Å². The molecule has 0 bridgehead atoms. The molecule has 4 rings (SSSR count). The number of para-hydroxylation sites is 1. The maximum Gasteiger partial charge on any atom is 0.418 e. The first-order valence-electron chi connectivity index (χ1n) is 10.3. The number of carbonyl (C=O) groups is 1. The van der Waals surface area contributed by atoms with Gasteiger partial charge in [0, 0.05) is 22.7 Å². The Morgan fingerprint density at radius 1 is 1.12 bits per heavy atom. The Balaban J connectivity index is 2.04. The number of nitrogens with two attached hydrogens (primary N) is 1. The smallest absolute Gasteiger partial charge is 0.384 e. The summed E-state index contributed by atoms with van der Waals surface area (Å²) < 4.78 is 41.7. The predicted molar refractivity (Wildman–Crippen MR) is 120 cm³/mol. The van der Waals surface area contributed by atoms with Gasteiger partial charge >= 0.3 is 6.18 Å². The Morgan fingerprint density at radius 2 is 1.76 bits per heavy atom. The zero-order chi connectivity index (χ0) is 24.1. The number of allylic oxidation sites excluding steroid dienone is 3. The van der Waals surface area contributed by atoms with Crippen LogP contribution in [0.1, 0.15) is 43.7 Å². The summed E-state index contributed by atoms with van der Waals surface area (Å²) in [5, 5.41) is 10.5. The molecule has 170 valence electrons. The van der Waals surface area contributed by atoms with Crippen LogP contribution in [0.15, 0.2) is 71.2 Å². The lowest BCUT2D eigenvalue weighted by molar-refractivity contribution is -0.137. The number of alkyl halides is 3. The minimum Gasteiger partial charge on any atom is -0.384 e. The molecule has 1 unspecified atom stereocenters. The second kappa shape index (κ2) is 7.96. The number of carbonyl (C=O) groups excluding carboxylic acids is 1. The molecule has 8 heteroatoms. The van der Waals surface area contributed by atoms with Crippen LogP contribution in [-0.2, 0) is 11.0 Å². The third-order valence-electron chi connectivity index (χ3n) is 6.03. The Bertz CT molecular complexity index is 1240. The minimum atomic E-state index is -4.65. The fourth-order valence-corrected chi connectivity index (χ4v) is 4.81. The maximum absolute atomic E-state index is 13.9. The van der Waals surface area contributed by atoms with Crippen LogP contribution < -0.4 is 10.6 Å². The summed E-state index contributed by atoms with van der Waals surface area (Å²) in [5.74, 6) is -1.10. The number of halogens is 4. The highest BCUT2D eigenvalue weighted by Crippen LogP contribution is 2.51. The lowest BCUT2D eigenvalue weighted by Crippen LogP contribution is -2.42. The van der Waals surface area contributed by atoms with Crippen LogP contribution in [0.25, 0.3) is 0 Å². The number of hydrogen-bond acceptors (Lipinski definition) is 4. The Labute approximate surface area is 194 Å². The summed E-state index contributed by atoms with van der Waals surface area (Å²) >= 11 is 6.02.